The van der Waals surface area contributed by atoms with Crippen molar-refractivity contribution < 1.29 is 15.0 Å². The first-order valence-corrected chi connectivity index (χ1v) is 16.4. The summed E-state index contributed by atoms with van der Waals surface area (Å²) < 4.78 is 0. The van der Waals surface area contributed by atoms with Crippen LogP contribution in [-0.4, -0.2) is 53.2 Å². The maximum Gasteiger partial charge on any atom is 0.220 e. The molecule has 0 spiro atoms. The van der Waals surface area contributed by atoms with Gasteiger partial charge in [-0.3, -0.25) is 4.79 Å². The number of carbonyl (C=O) groups excluding carboxylic acids is 1. The maximum atomic E-state index is 13.1. The van der Waals surface area contributed by atoms with Gasteiger partial charge in [-0.05, 0) is 129 Å². The Morgan fingerprint density at radius 1 is 1.05 bits per heavy atom. The Labute approximate surface area is 246 Å². The summed E-state index contributed by atoms with van der Waals surface area (Å²) in [5.41, 5.74) is 15.3. The Kier molecular flexibility index (Phi) is 9.30. The summed E-state index contributed by atoms with van der Waals surface area (Å²) in [7, 11) is 0. The van der Waals surface area contributed by atoms with E-state index in [2.05, 4.69) is 59.2 Å². The maximum absolute atomic E-state index is 13.1. The van der Waals surface area contributed by atoms with Crippen LogP contribution in [0.15, 0.2) is 5.11 Å². The predicted octanol–water partition coefficient (Wildman–Crippen LogP) is 4.34. The van der Waals surface area contributed by atoms with E-state index < -0.39 is 0 Å². The quantitative estimate of drug-likeness (QED) is 0.0665. The van der Waals surface area contributed by atoms with E-state index in [4.69, 9.17) is 5.53 Å². The highest BCUT2D eigenvalue weighted by molar-refractivity contribution is 5.76. The molecule has 10 heteroatoms. The summed E-state index contributed by atoms with van der Waals surface area (Å²) in [5.74, 6) is 3.08. The third-order valence-corrected chi connectivity index (χ3v) is 12.8. The highest BCUT2D eigenvalue weighted by Crippen LogP contribution is 2.68. The van der Waals surface area contributed by atoms with Gasteiger partial charge in [0.15, 0.2) is 0 Å². The standard InChI is InChI=1S/C31H55N7O3/c1-19(5-8-27(41)35-21(17-33-18-34-38-32)9-14-31(4)36-37-31)23-6-7-24-28-25(11-13-30(23,24)3)29(2)12-10-22(39)15-20(29)16-26(28)40/h19-26,28,33,36-37,39-40H,5-18H2,1-4H3,(H,35,41). The first kappa shape index (κ1) is 31.0. The molecule has 0 aromatic carbocycles. The van der Waals surface area contributed by atoms with E-state index in [9.17, 15) is 15.0 Å². The fourth-order valence-corrected chi connectivity index (χ4v) is 10.3. The lowest BCUT2D eigenvalue weighted by Crippen LogP contribution is -2.58. The molecule has 1 aliphatic heterocycles. The molecule has 11 unspecified atom stereocenters. The van der Waals surface area contributed by atoms with Crippen LogP contribution in [0.4, 0.5) is 0 Å². The van der Waals surface area contributed by atoms with Gasteiger partial charge in [0.1, 0.15) is 0 Å². The number of rotatable bonds is 12. The fourth-order valence-electron chi connectivity index (χ4n) is 10.3. The van der Waals surface area contributed by atoms with E-state index >= 15 is 0 Å². The predicted molar refractivity (Wildman–Crippen MR) is 159 cm³/mol. The minimum absolute atomic E-state index is 0.0183. The molecule has 1 amide bonds. The number of nitrogens with one attached hydrogen (secondary N) is 4. The van der Waals surface area contributed by atoms with Crippen molar-refractivity contribution in [3.05, 3.63) is 10.4 Å². The smallest absolute Gasteiger partial charge is 0.220 e. The third-order valence-electron chi connectivity index (χ3n) is 12.8. The molecule has 1 heterocycles. The Bertz CT molecular complexity index is 987. The number of hydrogen-bond acceptors (Lipinski definition) is 7. The molecule has 41 heavy (non-hydrogen) atoms. The number of nitrogens with zero attached hydrogens (tertiary/aromatic N) is 3. The van der Waals surface area contributed by atoms with Crippen molar-refractivity contribution >= 4 is 5.91 Å². The van der Waals surface area contributed by atoms with Crippen LogP contribution >= 0.6 is 0 Å². The molecule has 4 aliphatic carbocycles. The second-order valence-corrected chi connectivity index (χ2v) is 15.2. The van der Waals surface area contributed by atoms with Gasteiger partial charge < -0.3 is 20.8 Å². The van der Waals surface area contributed by atoms with E-state index in [1.54, 1.807) is 0 Å². The van der Waals surface area contributed by atoms with Crippen LogP contribution in [0, 0.1) is 46.3 Å². The zero-order valence-corrected chi connectivity index (χ0v) is 25.7. The molecule has 0 radical (unpaired) electrons. The molecule has 1 saturated heterocycles. The number of aliphatic hydroxyl groups excluding tert-OH is 2. The number of carbonyl (C=O) groups is 1. The van der Waals surface area contributed by atoms with Crippen LogP contribution < -0.4 is 21.5 Å². The Balaban J connectivity index is 1.16. The SMILES string of the molecule is CC(CCC(=O)NC(CCC1(C)NN1)CNCN=[N+]=[N-])C1CCC2C3C(O)CC4CC(O)CCC4(C)C3CCC12C. The van der Waals surface area contributed by atoms with Crippen molar-refractivity contribution in [1.82, 2.24) is 21.5 Å². The van der Waals surface area contributed by atoms with Crippen molar-refractivity contribution in [2.75, 3.05) is 13.2 Å². The molecule has 10 nitrogen and oxygen atoms in total. The number of hydrazine groups is 1. The molecular weight excluding hydrogens is 518 g/mol. The first-order valence-electron chi connectivity index (χ1n) is 16.4. The van der Waals surface area contributed by atoms with Crippen LogP contribution in [0.25, 0.3) is 10.4 Å². The van der Waals surface area contributed by atoms with E-state index in [-0.39, 0.29) is 47.3 Å². The number of fused-ring (bicyclic) bond motifs is 5. The van der Waals surface area contributed by atoms with Gasteiger partial charge in [0.2, 0.25) is 5.91 Å². The van der Waals surface area contributed by atoms with Crippen LogP contribution in [0.2, 0.25) is 0 Å². The lowest BCUT2D eigenvalue weighted by atomic mass is 9.43. The van der Waals surface area contributed by atoms with Crippen molar-refractivity contribution in [3.63, 3.8) is 0 Å². The van der Waals surface area contributed by atoms with Gasteiger partial charge in [0.05, 0.1) is 24.5 Å². The average Bonchev–Trinajstić information content (AvgIpc) is 3.56. The van der Waals surface area contributed by atoms with E-state index in [1.165, 1.54) is 25.7 Å². The second kappa shape index (κ2) is 12.3. The number of aliphatic hydroxyl groups is 2. The molecule has 6 N–H and O–H groups in total. The lowest BCUT2D eigenvalue weighted by Gasteiger charge is -2.62. The Hall–Kier alpha value is -1.42. The monoisotopic (exact) mass is 573 g/mol. The van der Waals surface area contributed by atoms with E-state index in [0.717, 1.165) is 44.9 Å². The summed E-state index contributed by atoms with van der Waals surface area (Å²) >= 11 is 0. The molecule has 5 rings (SSSR count). The molecule has 11 atom stereocenters. The van der Waals surface area contributed by atoms with Gasteiger partial charge in [0, 0.05) is 23.9 Å². The lowest BCUT2D eigenvalue weighted by molar-refractivity contribution is -0.174. The molecule has 0 bridgehead atoms. The van der Waals surface area contributed by atoms with E-state index in [1.807, 2.05) is 0 Å². The summed E-state index contributed by atoms with van der Waals surface area (Å²) in [6, 6.07) is -0.0183. The number of amides is 1. The van der Waals surface area contributed by atoms with Gasteiger partial charge in [-0.2, -0.15) is 0 Å². The van der Waals surface area contributed by atoms with Gasteiger partial charge in [-0.25, -0.2) is 10.9 Å². The molecule has 0 aromatic rings. The van der Waals surface area contributed by atoms with Crippen molar-refractivity contribution in [2.24, 2.45) is 51.5 Å². The zero-order valence-electron chi connectivity index (χ0n) is 25.7. The minimum Gasteiger partial charge on any atom is -0.393 e. The normalized spacial score (nSPS) is 42.1. The second-order valence-electron chi connectivity index (χ2n) is 15.2. The van der Waals surface area contributed by atoms with Crippen molar-refractivity contribution in [3.8, 4) is 0 Å². The number of hydrogen-bond donors (Lipinski definition) is 6. The minimum atomic E-state index is -0.250. The summed E-state index contributed by atoms with van der Waals surface area (Å²) in [6.07, 6.45) is 11.2. The molecule has 5 aliphatic rings. The highest BCUT2D eigenvalue weighted by Gasteiger charge is 2.62. The van der Waals surface area contributed by atoms with Crippen molar-refractivity contribution in [2.45, 2.75) is 129 Å². The largest absolute Gasteiger partial charge is 0.393 e. The third kappa shape index (κ3) is 6.43. The van der Waals surface area contributed by atoms with Gasteiger partial charge in [-0.15, -0.1) is 0 Å². The van der Waals surface area contributed by atoms with E-state index in [0.29, 0.717) is 48.5 Å². The molecular formula is C31H55N7O3. The van der Waals surface area contributed by atoms with Crippen LogP contribution in [0.5, 0.6) is 0 Å². The highest BCUT2D eigenvalue weighted by atomic mass is 16.3. The topological polar surface area (TPSA) is 174 Å². The van der Waals surface area contributed by atoms with Crippen molar-refractivity contribution in [1.29, 1.82) is 0 Å². The molecule has 232 valence electrons. The van der Waals surface area contributed by atoms with Gasteiger partial charge in [-0.1, -0.05) is 25.9 Å². The zero-order chi connectivity index (χ0) is 29.4. The summed E-state index contributed by atoms with van der Waals surface area (Å²) in [5, 5.41) is 31.8. The van der Waals surface area contributed by atoms with Gasteiger partial charge in [0.25, 0.3) is 0 Å². The average molecular weight is 574 g/mol. The molecule has 4 saturated carbocycles. The Morgan fingerprint density at radius 3 is 2.51 bits per heavy atom. The Morgan fingerprint density at radius 2 is 1.78 bits per heavy atom. The van der Waals surface area contributed by atoms with Crippen LogP contribution in [-0.2, 0) is 4.79 Å². The van der Waals surface area contributed by atoms with Crippen LogP contribution in [0.3, 0.4) is 0 Å². The summed E-state index contributed by atoms with van der Waals surface area (Å²) in [6.45, 7) is 10.2. The van der Waals surface area contributed by atoms with Crippen LogP contribution in [0.1, 0.15) is 105 Å². The number of azide groups is 1. The summed E-state index contributed by atoms with van der Waals surface area (Å²) in [4.78, 5) is 15.9. The molecule has 0 aromatic heterocycles. The first-order chi connectivity index (χ1) is 19.5. The van der Waals surface area contributed by atoms with Gasteiger partial charge >= 0.3 is 0 Å². The molecule has 5 fully saturated rings. The fraction of sp³-hybridized carbons (Fsp3) is 0.968.